The van der Waals surface area contributed by atoms with Gasteiger partial charge in [-0.15, -0.1) is 0 Å². The zero-order valence-corrected chi connectivity index (χ0v) is 17.0. The number of fused-ring (bicyclic) bond motifs is 1. The number of imidazole rings is 1. The predicted octanol–water partition coefficient (Wildman–Crippen LogP) is 4.25. The maximum Gasteiger partial charge on any atom is 0.231 e. The molecule has 0 amide bonds. The highest BCUT2D eigenvalue weighted by atomic mass is 16.7. The summed E-state index contributed by atoms with van der Waals surface area (Å²) in [6.45, 7) is 0.248. The van der Waals surface area contributed by atoms with E-state index in [0.717, 1.165) is 22.4 Å². The van der Waals surface area contributed by atoms with Crippen LogP contribution in [0.3, 0.4) is 0 Å². The van der Waals surface area contributed by atoms with Gasteiger partial charge in [-0.25, -0.2) is 0 Å². The van der Waals surface area contributed by atoms with Crippen LogP contribution < -0.4 is 15.1 Å². The Bertz CT molecular complexity index is 1320. The minimum atomic E-state index is -0.0895. The van der Waals surface area contributed by atoms with Gasteiger partial charge in [-0.3, -0.25) is 10.2 Å². The Morgan fingerprint density at radius 1 is 0.903 bits per heavy atom. The molecule has 3 aromatic carbocycles. The molecule has 0 aliphatic carbocycles. The minimum Gasteiger partial charge on any atom is -0.454 e. The highest BCUT2D eigenvalue weighted by Gasteiger charge is 2.17. The summed E-state index contributed by atoms with van der Waals surface area (Å²) in [5.41, 5.74) is 4.96. The molecule has 5 rings (SSSR count). The number of aromatic nitrogens is 2. The Kier molecular flexibility index (Phi) is 4.67. The highest BCUT2D eigenvalue weighted by molar-refractivity contribution is 5.96. The number of hydrogen-bond acceptors (Lipinski definition) is 4. The van der Waals surface area contributed by atoms with E-state index in [0.29, 0.717) is 17.1 Å². The summed E-state index contributed by atoms with van der Waals surface area (Å²) in [6, 6.07) is 23.6. The molecule has 6 nitrogen and oxygen atoms in total. The lowest BCUT2D eigenvalue weighted by Crippen LogP contribution is -2.25. The van der Waals surface area contributed by atoms with Crippen molar-refractivity contribution in [1.29, 1.82) is 5.41 Å². The largest absolute Gasteiger partial charge is 0.454 e. The van der Waals surface area contributed by atoms with Gasteiger partial charge in [-0.1, -0.05) is 54.6 Å². The Balaban J connectivity index is 1.40. The molecule has 0 saturated carbocycles. The van der Waals surface area contributed by atoms with E-state index in [1.165, 1.54) is 0 Å². The van der Waals surface area contributed by atoms with Gasteiger partial charge < -0.3 is 18.6 Å². The monoisotopic (exact) mass is 411 g/mol. The molecule has 0 atom stereocenters. The van der Waals surface area contributed by atoms with Crippen molar-refractivity contribution in [2.24, 2.45) is 7.05 Å². The van der Waals surface area contributed by atoms with E-state index >= 15 is 0 Å². The third-order valence-corrected chi connectivity index (χ3v) is 5.53. The molecule has 2 heterocycles. The third-order valence-electron chi connectivity index (χ3n) is 5.53. The highest BCUT2D eigenvalue weighted by Crippen LogP contribution is 2.32. The van der Waals surface area contributed by atoms with E-state index in [1.807, 2.05) is 43.6 Å². The van der Waals surface area contributed by atoms with Crippen molar-refractivity contribution in [1.82, 2.24) is 9.13 Å². The van der Waals surface area contributed by atoms with E-state index in [-0.39, 0.29) is 24.7 Å². The Hall–Kier alpha value is -4.06. The lowest BCUT2D eigenvalue weighted by molar-refractivity contribution is 0.0969. The van der Waals surface area contributed by atoms with Gasteiger partial charge in [-0.2, -0.15) is 0 Å². The Morgan fingerprint density at radius 2 is 1.58 bits per heavy atom. The second kappa shape index (κ2) is 7.65. The summed E-state index contributed by atoms with van der Waals surface area (Å²) in [6.07, 6.45) is 1.85. The molecule has 0 bridgehead atoms. The summed E-state index contributed by atoms with van der Waals surface area (Å²) < 4.78 is 14.1. The first-order chi connectivity index (χ1) is 15.1. The van der Waals surface area contributed by atoms with Crippen molar-refractivity contribution < 1.29 is 14.3 Å². The number of nitrogens with zero attached hydrogens (tertiary/aromatic N) is 2. The van der Waals surface area contributed by atoms with Gasteiger partial charge in [0.15, 0.2) is 17.3 Å². The number of benzene rings is 3. The molecule has 4 aromatic rings. The SMILES string of the molecule is Cn1c(-c2ccc(-c3ccccc3)cc2)cn(CC(=O)c2ccc3c(c2)OCO3)c1=N. The van der Waals surface area contributed by atoms with Crippen LogP contribution in [0.15, 0.2) is 79.0 Å². The van der Waals surface area contributed by atoms with Crippen molar-refractivity contribution in [3.05, 3.63) is 90.2 Å². The summed E-state index contributed by atoms with van der Waals surface area (Å²) in [4.78, 5) is 12.8. The Morgan fingerprint density at radius 3 is 2.35 bits per heavy atom. The molecule has 1 aliphatic rings. The van der Waals surface area contributed by atoms with E-state index in [9.17, 15) is 4.79 Å². The molecule has 154 valence electrons. The van der Waals surface area contributed by atoms with Crippen molar-refractivity contribution in [2.75, 3.05) is 6.79 Å². The fourth-order valence-corrected chi connectivity index (χ4v) is 3.77. The smallest absolute Gasteiger partial charge is 0.231 e. The van der Waals surface area contributed by atoms with Crippen molar-refractivity contribution in [3.63, 3.8) is 0 Å². The molecule has 0 saturated heterocycles. The van der Waals surface area contributed by atoms with Crippen LogP contribution in [-0.4, -0.2) is 21.7 Å². The van der Waals surface area contributed by atoms with Crippen LogP contribution in [0.4, 0.5) is 0 Å². The fraction of sp³-hybridized carbons (Fsp3) is 0.120. The van der Waals surface area contributed by atoms with Gasteiger partial charge in [0.05, 0.1) is 12.2 Å². The maximum atomic E-state index is 12.8. The van der Waals surface area contributed by atoms with Crippen LogP contribution >= 0.6 is 0 Å². The van der Waals surface area contributed by atoms with Crippen molar-refractivity contribution in [2.45, 2.75) is 6.54 Å². The Labute approximate surface area is 179 Å². The van der Waals surface area contributed by atoms with Crippen LogP contribution in [0.5, 0.6) is 11.5 Å². The molecule has 1 aliphatic heterocycles. The number of carbonyl (C=O) groups is 1. The minimum absolute atomic E-state index is 0.0778. The van der Waals surface area contributed by atoms with Crippen LogP contribution in [0, 0.1) is 5.41 Å². The summed E-state index contributed by atoms with van der Waals surface area (Å²) in [7, 11) is 1.84. The second-order valence-electron chi connectivity index (χ2n) is 7.46. The number of ketones is 1. The van der Waals surface area contributed by atoms with Gasteiger partial charge >= 0.3 is 0 Å². The number of Topliss-reactive ketones (excluding diaryl/α,β-unsaturated/α-hetero) is 1. The molecular formula is C25H21N3O3. The third kappa shape index (κ3) is 3.53. The van der Waals surface area contributed by atoms with E-state index in [1.54, 1.807) is 27.3 Å². The molecular weight excluding hydrogens is 390 g/mol. The molecule has 1 aromatic heterocycles. The van der Waals surface area contributed by atoms with E-state index in [2.05, 4.69) is 24.3 Å². The molecule has 1 N–H and O–H groups in total. The van der Waals surface area contributed by atoms with Crippen LogP contribution in [0.25, 0.3) is 22.4 Å². The standard InChI is InChI=1S/C25H21N3O3/c1-27-21(19-9-7-18(8-10-19)17-5-3-2-4-6-17)14-28(25(27)26)15-22(29)20-11-12-23-24(13-20)31-16-30-23/h2-14,26H,15-16H2,1H3. The average molecular weight is 411 g/mol. The van der Waals surface area contributed by atoms with E-state index in [4.69, 9.17) is 14.9 Å². The topological polar surface area (TPSA) is 69.2 Å². The van der Waals surface area contributed by atoms with Crippen molar-refractivity contribution in [3.8, 4) is 33.9 Å². The average Bonchev–Trinajstić information content (AvgIpc) is 3.39. The zero-order valence-electron chi connectivity index (χ0n) is 17.0. The summed E-state index contributed by atoms with van der Waals surface area (Å²) in [5.74, 6) is 1.13. The molecule has 0 fully saturated rings. The second-order valence-corrected chi connectivity index (χ2v) is 7.46. The lowest BCUT2D eigenvalue weighted by atomic mass is 10.0. The molecule has 31 heavy (non-hydrogen) atoms. The van der Waals surface area contributed by atoms with Crippen LogP contribution in [0.1, 0.15) is 10.4 Å². The van der Waals surface area contributed by atoms with Gasteiger partial charge in [0, 0.05) is 18.8 Å². The van der Waals surface area contributed by atoms with Crippen LogP contribution in [-0.2, 0) is 13.6 Å². The van der Waals surface area contributed by atoms with Crippen molar-refractivity contribution >= 4 is 5.78 Å². The van der Waals surface area contributed by atoms with Gasteiger partial charge in [-0.05, 0) is 34.9 Å². The normalized spacial score (nSPS) is 12.2. The summed E-state index contributed by atoms with van der Waals surface area (Å²) >= 11 is 0. The molecule has 0 spiro atoms. The fourth-order valence-electron chi connectivity index (χ4n) is 3.77. The number of nitrogens with one attached hydrogen (secondary N) is 1. The van der Waals surface area contributed by atoms with Gasteiger partial charge in [0.25, 0.3) is 0 Å². The first-order valence-electron chi connectivity index (χ1n) is 9.99. The van der Waals surface area contributed by atoms with Gasteiger partial charge in [0.1, 0.15) is 0 Å². The maximum absolute atomic E-state index is 12.8. The lowest BCUT2D eigenvalue weighted by Gasteiger charge is -2.05. The number of carbonyl (C=O) groups excluding carboxylic acids is 1. The zero-order chi connectivity index (χ0) is 21.4. The van der Waals surface area contributed by atoms with E-state index < -0.39 is 0 Å². The first-order valence-corrected chi connectivity index (χ1v) is 9.99. The number of rotatable bonds is 5. The number of hydrogen-bond donors (Lipinski definition) is 1. The van der Waals surface area contributed by atoms with Gasteiger partial charge in [0.2, 0.25) is 12.4 Å². The number of ether oxygens (including phenoxy) is 2. The summed E-state index contributed by atoms with van der Waals surface area (Å²) in [5, 5.41) is 8.45. The molecule has 6 heteroatoms. The molecule has 0 radical (unpaired) electrons. The quantitative estimate of drug-likeness (QED) is 0.499. The predicted molar refractivity (Wildman–Crippen MR) is 117 cm³/mol. The van der Waals surface area contributed by atoms with Crippen LogP contribution in [0.2, 0.25) is 0 Å². The molecule has 0 unspecified atom stereocenters. The first kappa shape index (κ1) is 18.9.